The molecule has 1 heterocycles. The highest BCUT2D eigenvalue weighted by Crippen LogP contribution is 2.35. The average molecular weight is 326 g/mol. The third-order valence-corrected chi connectivity index (χ3v) is 4.63. The molecule has 0 fully saturated rings. The van der Waals surface area contributed by atoms with E-state index in [-0.39, 0.29) is 5.41 Å². The summed E-state index contributed by atoms with van der Waals surface area (Å²) >= 11 is 1.75. The lowest BCUT2D eigenvalue weighted by atomic mass is 9.86. The number of fused-ring (bicyclic) bond motifs is 1. The van der Waals surface area contributed by atoms with Crippen LogP contribution in [0.15, 0.2) is 47.4 Å². The number of hydrogen-bond donors (Lipinski definition) is 1. The van der Waals surface area contributed by atoms with Crippen molar-refractivity contribution in [3.8, 4) is 5.75 Å². The fourth-order valence-electron chi connectivity index (χ4n) is 2.62. The Morgan fingerprint density at radius 1 is 1.13 bits per heavy atom. The molecule has 0 amide bonds. The Bertz CT molecular complexity index is 818. The second-order valence-electron chi connectivity index (χ2n) is 6.62. The van der Waals surface area contributed by atoms with Crippen molar-refractivity contribution in [2.45, 2.75) is 37.7 Å². The molecule has 1 aromatic heterocycles. The molecule has 1 N–H and O–H groups in total. The molecule has 0 saturated heterocycles. The number of aromatic nitrogens is 2. The van der Waals surface area contributed by atoms with E-state index >= 15 is 0 Å². The Kier molecular flexibility index (Phi) is 4.35. The summed E-state index contributed by atoms with van der Waals surface area (Å²) in [5.41, 5.74) is 3.25. The van der Waals surface area contributed by atoms with E-state index in [1.807, 2.05) is 18.2 Å². The highest BCUT2D eigenvalue weighted by molar-refractivity contribution is 7.98. The van der Waals surface area contributed by atoms with Gasteiger partial charge in [0.2, 0.25) is 0 Å². The summed E-state index contributed by atoms with van der Waals surface area (Å²) in [6, 6.07) is 14.5. The number of hydrogen-bond acceptors (Lipinski definition) is 3. The van der Waals surface area contributed by atoms with Crippen molar-refractivity contribution in [3.63, 3.8) is 0 Å². The lowest BCUT2D eigenvalue weighted by Gasteiger charge is -2.23. The molecule has 2 aromatic carbocycles. The van der Waals surface area contributed by atoms with Crippen molar-refractivity contribution in [2.75, 3.05) is 6.26 Å². The minimum atomic E-state index is 0.0388. The third-order valence-electron chi connectivity index (χ3n) is 3.91. The summed E-state index contributed by atoms with van der Waals surface area (Å²) in [5.74, 6) is 0.939. The van der Waals surface area contributed by atoms with Gasteiger partial charge in [-0.2, -0.15) is 5.10 Å². The first-order valence-electron chi connectivity index (χ1n) is 7.72. The van der Waals surface area contributed by atoms with Crippen LogP contribution in [-0.4, -0.2) is 16.5 Å². The van der Waals surface area contributed by atoms with Crippen LogP contribution in [0.2, 0.25) is 0 Å². The van der Waals surface area contributed by atoms with Crippen LogP contribution >= 0.6 is 11.8 Å². The Hall–Kier alpha value is -1.94. The molecule has 0 aliphatic heterocycles. The summed E-state index contributed by atoms with van der Waals surface area (Å²) in [4.78, 5) is 1.26. The zero-order valence-electron chi connectivity index (χ0n) is 14.0. The van der Waals surface area contributed by atoms with E-state index in [9.17, 15) is 0 Å². The van der Waals surface area contributed by atoms with Crippen molar-refractivity contribution in [2.24, 2.45) is 0 Å². The van der Waals surface area contributed by atoms with Crippen LogP contribution in [0, 0.1) is 0 Å². The maximum Gasteiger partial charge on any atom is 0.130 e. The fraction of sp³-hybridized carbons (Fsp3) is 0.316. The van der Waals surface area contributed by atoms with Gasteiger partial charge in [0, 0.05) is 15.8 Å². The van der Waals surface area contributed by atoms with Crippen LogP contribution in [0.4, 0.5) is 0 Å². The molecule has 0 saturated carbocycles. The molecule has 0 unspecified atom stereocenters. The maximum atomic E-state index is 6.14. The number of para-hydroxylation sites is 1. The first-order chi connectivity index (χ1) is 11.0. The molecule has 0 bridgehead atoms. The van der Waals surface area contributed by atoms with Gasteiger partial charge in [0.1, 0.15) is 12.4 Å². The van der Waals surface area contributed by atoms with Crippen molar-refractivity contribution < 1.29 is 4.74 Å². The van der Waals surface area contributed by atoms with Crippen molar-refractivity contribution in [3.05, 3.63) is 53.7 Å². The topological polar surface area (TPSA) is 37.9 Å². The molecule has 3 aromatic rings. The van der Waals surface area contributed by atoms with Crippen LogP contribution in [0.25, 0.3) is 10.9 Å². The molecule has 120 valence electrons. The predicted molar refractivity (Wildman–Crippen MR) is 97.3 cm³/mol. The first kappa shape index (κ1) is 15.9. The summed E-state index contributed by atoms with van der Waals surface area (Å²) in [6.07, 6.45) is 2.10. The van der Waals surface area contributed by atoms with E-state index in [2.05, 4.69) is 61.5 Å². The number of benzene rings is 2. The van der Waals surface area contributed by atoms with Crippen LogP contribution in [0.1, 0.15) is 32.0 Å². The van der Waals surface area contributed by atoms with E-state index in [0.717, 1.165) is 22.3 Å². The smallest absolute Gasteiger partial charge is 0.130 e. The van der Waals surface area contributed by atoms with Gasteiger partial charge in [0.25, 0.3) is 0 Å². The first-order valence-corrected chi connectivity index (χ1v) is 8.95. The summed E-state index contributed by atoms with van der Waals surface area (Å²) < 4.78 is 6.14. The zero-order chi connectivity index (χ0) is 16.4. The SMILES string of the molecule is CSc1ccc(OCc2[nH]nc3ccccc23)c(C(C)(C)C)c1. The van der Waals surface area contributed by atoms with Gasteiger partial charge in [-0.3, -0.25) is 5.10 Å². The number of H-pyrrole nitrogens is 1. The van der Waals surface area contributed by atoms with E-state index in [4.69, 9.17) is 4.74 Å². The molecule has 0 atom stereocenters. The van der Waals surface area contributed by atoms with Gasteiger partial charge in [-0.1, -0.05) is 39.0 Å². The Morgan fingerprint density at radius 2 is 1.91 bits per heavy atom. The van der Waals surface area contributed by atoms with Gasteiger partial charge in [-0.05, 0) is 35.9 Å². The highest BCUT2D eigenvalue weighted by atomic mass is 32.2. The quantitative estimate of drug-likeness (QED) is 0.673. The zero-order valence-corrected chi connectivity index (χ0v) is 14.8. The van der Waals surface area contributed by atoms with Gasteiger partial charge in [0.15, 0.2) is 0 Å². The molecular formula is C19H22N2OS. The molecule has 23 heavy (non-hydrogen) atoms. The van der Waals surface area contributed by atoms with Crippen LogP contribution in [0.3, 0.4) is 0 Å². The van der Waals surface area contributed by atoms with Crippen molar-refractivity contribution in [1.82, 2.24) is 10.2 Å². The Balaban J connectivity index is 1.88. The molecule has 4 heteroatoms. The molecule has 0 radical (unpaired) electrons. The standard InChI is InChI=1S/C19H22N2OS/c1-19(2,3)15-11-13(23-4)9-10-18(15)22-12-17-14-7-5-6-8-16(14)20-21-17/h5-11H,12H2,1-4H3,(H,20,21). The summed E-state index contributed by atoms with van der Waals surface area (Å²) in [6.45, 7) is 7.13. The van der Waals surface area contributed by atoms with E-state index in [0.29, 0.717) is 6.61 Å². The average Bonchev–Trinajstić information content (AvgIpc) is 2.95. The summed E-state index contributed by atoms with van der Waals surface area (Å²) in [7, 11) is 0. The number of aromatic amines is 1. The van der Waals surface area contributed by atoms with Crippen LogP contribution in [0.5, 0.6) is 5.75 Å². The third kappa shape index (κ3) is 3.37. The monoisotopic (exact) mass is 326 g/mol. The number of thioether (sulfide) groups is 1. The Morgan fingerprint density at radius 3 is 2.65 bits per heavy atom. The second kappa shape index (κ2) is 6.28. The largest absolute Gasteiger partial charge is 0.487 e. The van der Waals surface area contributed by atoms with E-state index in [1.165, 1.54) is 10.5 Å². The van der Waals surface area contributed by atoms with Gasteiger partial charge < -0.3 is 4.74 Å². The van der Waals surface area contributed by atoms with Gasteiger partial charge in [-0.25, -0.2) is 0 Å². The molecule has 3 rings (SSSR count). The van der Waals surface area contributed by atoms with Gasteiger partial charge in [-0.15, -0.1) is 11.8 Å². The van der Waals surface area contributed by atoms with Crippen molar-refractivity contribution in [1.29, 1.82) is 0 Å². The van der Waals surface area contributed by atoms with Crippen LogP contribution in [-0.2, 0) is 12.0 Å². The van der Waals surface area contributed by atoms with E-state index in [1.54, 1.807) is 11.8 Å². The molecular weight excluding hydrogens is 304 g/mol. The molecule has 3 nitrogen and oxygen atoms in total. The fourth-order valence-corrected chi connectivity index (χ4v) is 3.06. The number of nitrogens with zero attached hydrogens (tertiary/aromatic N) is 1. The lowest BCUT2D eigenvalue weighted by Crippen LogP contribution is -2.13. The number of rotatable bonds is 4. The van der Waals surface area contributed by atoms with Crippen LogP contribution < -0.4 is 4.74 Å². The van der Waals surface area contributed by atoms with Crippen molar-refractivity contribution >= 4 is 22.7 Å². The molecule has 0 aliphatic carbocycles. The molecule has 0 spiro atoms. The number of nitrogens with one attached hydrogen (secondary N) is 1. The minimum absolute atomic E-state index is 0.0388. The predicted octanol–water partition coefficient (Wildman–Crippen LogP) is 5.16. The van der Waals surface area contributed by atoms with Gasteiger partial charge in [0.05, 0.1) is 11.2 Å². The minimum Gasteiger partial charge on any atom is -0.487 e. The lowest BCUT2D eigenvalue weighted by molar-refractivity contribution is 0.294. The van der Waals surface area contributed by atoms with E-state index < -0.39 is 0 Å². The summed E-state index contributed by atoms with van der Waals surface area (Å²) in [5, 5.41) is 8.52. The maximum absolute atomic E-state index is 6.14. The molecule has 0 aliphatic rings. The highest BCUT2D eigenvalue weighted by Gasteiger charge is 2.20. The number of ether oxygens (including phenoxy) is 1. The Labute approximate surface area is 141 Å². The normalized spacial score (nSPS) is 11.8. The second-order valence-corrected chi connectivity index (χ2v) is 7.50. The van der Waals surface area contributed by atoms with Gasteiger partial charge >= 0.3 is 0 Å².